The van der Waals surface area contributed by atoms with Gasteiger partial charge in [-0.2, -0.15) is 0 Å². The molecule has 3 rings (SSSR count). The highest BCUT2D eigenvalue weighted by molar-refractivity contribution is 5.32. The molecule has 1 aliphatic carbocycles. The van der Waals surface area contributed by atoms with Gasteiger partial charge in [-0.1, -0.05) is 50.1 Å². The van der Waals surface area contributed by atoms with Gasteiger partial charge in [0.15, 0.2) is 0 Å². The minimum absolute atomic E-state index is 0.364. The van der Waals surface area contributed by atoms with Crippen molar-refractivity contribution in [2.24, 2.45) is 0 Å². The third-order valence-corrected chi connectivity index (χ3v) is 4.26. The number of rotatable bonds is 5. The molecule has 106 valence electrons. The first-order chi connectivity index (χ1) is 9.88. The van der Waals surface area contributed by atoms with E-state index in [-0.39, 0.29) is 0 Å². The Morgan fingerprint density at radius 3 is 2.70 bits per heavy atom. The molecule has 0 aliphatic heterocycles. The number of benzene rings is 1. The quantitative estimate of drug-likeness (QED) is 0.880. The fourth-order valence-electron chi connectivity index (χ4n) is 3.20. The SMILES string of the molecule is CCC(c1ccccc1)n1ccnc1NC1CCCC1. The zero-order valence-electron chi connectivity index (χ0n) is 12.1. The Morgan fingerprint density at radius 1 is 1.25 bits per heavy atom. The summed E-state index contributed by atoms with van der Waals surface area (Å²) in [7, 11) is 0. The van der Waals surface area contributed by atoms with Crippen molar-refractivity contribution in [3.8, 4) is 0 Å². The Morgan fingerprint density at radius 2 is 2.00 bits per heavy atom. The molecule has 0 amide bonds. The Bertz CT molecular complexity index is 526. The number of nitrogens with one attached hydrogen (secondary N) is 1. The van der Waals surface area contributed by atoms with Crippen LogP contribution in [0, 0.1) is 0 Å². The van der Waals surface area contributed by atoms with Crippen molar-refractivity contribution in [3.63, 3.8) is 0 Å². The number of anilines is 1. The first kappa shape index (κ1) is 13.2. The molecule has 1 N–H and O–H groups in total. The average molecular weight is 269 g/mol. The lowest BCUT2D eigenvalue weighted by molar-refractivity contribution is 0.565. The monoisotopic (exact) mass is 269 g/mol. The van der Waals surface area contributed by atoms with E-state index in [1.54, 1.807) is 0 Å². The maximum atomic E-state index is 4.53. The minimum Gasteiger partial charge on any atom is -0.353 e. The number of hydrogen-bond donors (Lipinski definition) is 1. The smallest absolute Gasteiger partial charge is 0.203 e. The third kappa shape index (κ3) is 2.72. The topological polar surface area (TPSA) is 29.9 Å². The van der Waals surface area contributed by atoms with Crippen LogP contribution in [0.3, 0.4) is 0 Å². The average Bonchev–Trinajstić information content (AvgIpc) is 3.14. The lowest BCUT2D eigenvalue weighted by Crippen LogP contribution is -2.20. The van der Waals surface area contributed by atoms with E-state index in [9.17, 15) is 0 Å². The summed E-state index contributed by atoms with van der Waals surface area (Å²) >= 11 is 0. The summed E-state index contributed by atoms with van der Waals surface area (Å²) in [5.41, 5.74) is 1.35. The van der Waals surface area contributed by atoms with Crippen LogP contribution in [-0.2, 0) is 0 Å². The fourth-order valence-corrected chi connectivity index (χ4v) is 3.20. The van der Waals surface area contributed by atoms with E-state index in [1.165, 1.54) is 31.2 Å². The predicted octanol–water partition coefficient (Wildman–Crippen LogP) is 4.24. The van der Waals surface area contributed by atoms with Gasteiger partial charge >= 0.3 is 0 Å². The van der Waals surface area contributed by atoms with Gasteiger partial charge in [0.2, 0.25) is 5.95 Å². The van der Waals surface area contributed by atoms with E-state index in [4.69, 9.17) is 0 Å². The second-order valence-corrected chi connectivity index (χ2v) is 5.62. The van der Waals surface area contributed by atoms with Gasteiger partial charge in [0.05, 0.1) is 6.04 Å². The van der Waals surface area contributed by atoms with E-state index in [1.807, 2.05) is 6.20 Å². The van der Waals surface area contributed by atoms with Gasteiger partial charge in [0, 0.05) is 18.4 Å². The van der Waals surface area contributed by atoms with Crippen LogP contribution in [0.2, 0.25) is 0 Å². The first-order valence-electron chi connectivity index (χ1n) is 7.73. The summed E-state index contributed by atoms with van der Waals surface area (Å²) in [4.78, 5) is 4.53. The van der Waals surface area contributed by atoms with Gasteiger partial charge < -0.3 is 9.88 Å². The van der Waals surface area contributed by atoms with Crippen molar-refractivity contribution in [3.05, 3.63) is 48.3 Å². The van der Waals surface area contributed by atoms with Crippen LogP contribution in [0.5, 0.6) is 0 Å². The summed E-state index contributed by atoms with van der Waals surface area (Å²) < 4.78 is 2.29. The number of imidazole rings is 1. The van der Waals surface area contributed by atoms with Gasteiger partial charge in [0.25, 0.3) is 0 Å². The summed E-state index contributed by atoms with van der Waals surface area (Å²) in [6.45, 7) is 2.23. The standard InChI is InChI=1S/C17H23N3/c1-2-16(14-8-4-3-5-9-14)20-13-12-18-17(20)19-15-10-6-7-11-15/h3-5,8-9,12-13,15-16H,2,6-7,10-11H2,1H3,(H,18,19). The minimum atomic E-state index is 0.364. The zero-order chi connectivity index (χ0) is 13.8. The number of aromatic nitrogens is 2. The van der Waals surface area contributed by atoms with E-state index >= 15 is 0 Å². The molecule has 1 saturated carbocycles. The summed E-state index contributed by atoms with van der Waals surface area (Å²) in [5.74, 6) is 1.02. The molecule has 1 aromatic heterocycles. The number of nitrogens with zero attached hydrogens (tertiary/aromatic N) is 2. The van der Waals surface area contributed by atoms with E-state index in [2.05, 4.69) is 58.3 Å². The van der Waals surface area contributed by atoms with Gasteiger partial charge in [-0.25, -0.2) is 4.98 Å². The predicted molar refractivity (Wildman–Crippen MR) is 83.0 cm³/mol. The van der Waals surface area contributed by atoms with Crippen LogP contribution >= 0.6 is 0 Å². The molecular weight excluding hydrogens is 246 g/mol. The molecule has 1 fully saturated rings. The molecule has 1 aliphatic rings. The molecule has 3 nitrogen and oxygen atoms in total. The second kappa shape index (κ2) is 6.12. The summed E-state index contributed by atoms with van der Waals surface area (Å²) in [6, 6.07) is 11.7. The largest absolute Gasteiger partial charge is 0.353 e. The van der Waals surface area contributed by atoms with E-state index < -0.39 is 0 Å². The zero-order valence-corrected chi connectivity index (χ0v) is 12.1. The van der Waals surface area contributed by atoms with Gasteiger partial charge in [0.1, 0.15) is 0 Å². The molecule has 2 aromatic rings. The lowest BCUT2D eigenvalue weighted by Gasteiger charge is -2.22. The highest BCUT2D eigenvalue weighted by atomic mass is 15.2. The molecule has 1 heterocycles. The van der Waals surface area contributed by atoms with Crippen molar-refractivity contribution < 1.29 is 0 Å². The third-order valence-electron chi connectivity index (χ3n) is 4.26. The second-order valence-electron chi connectivity index (χ2n) is 5.62. The van der Waals surface area contributed by atoms with Crippen molar-refractivity contribution >= 4 is 5.95 Å². The Balaban J connectivity index is 1.83. The Labute approximate surface area is 121 Å². The van der Waals surface area contributed by atoms with Crippen LogP contribution in [-0.4, -0.2) is 15.6 Å². The van der Waals surface area contributed by atoms with E-state index in [0.717, 1.165) is 12.4 Å². The van der Waals surface area contributed by atoms with Gasteiger partial charge in [-0.3, -0.25) is 0 Å². The first-order valence-corrected chi connectivity index (χ1v) is 7.73. The Hall–Kier alpha value is -1.77. The van der Waals surface area contributed by atoms with Crippen LogP contribution in [0.1, 0.15) is 50.6 Å². The molecule has 0 radical (unpaired) electrons. The van der Waals surface area contributed by atoms with Gasteiger partial charge in [-0.15, -0.1) is 0 Å². The molecule has 0 bridgehead atoms. The molecular formula is C17H23N3. The summed E-state index contributed by atoms with van der Waals surface area (Å²) in [5, 5.41) is 3.63. The highest BCUT2D eigenvalue weighted by Gasteiger charge is 2.19. The molecule has 1 aromatic carbocycles. The highest BCUT2D eigenvalue weighted by Crippen LogP contribution is 2.27. The maximum Gasteiger partial charge on any atom is 0.203 e. The van der Waals surface area contributed by atoms with Gasteiger partial charge in [-0.05, 0) is 24.8 Å². The molecule has 1 unspecified atom stereocenters. The van der Waals surface area contributed by atoms with Crippen LogP contribution in [0.4, 0.5) is 5.95 Å². The van der Waals surface area contributed by atoms with Crippen LogP contribution in [0.15, 0.2) is 42.7 Å². The molecule has 0 saturated heterocycles. The van der Waals surface area contributed by atoms with Crippen molar-refractivity contribution in [1.29, 1.82) is 0 Å². The van der Waals surface area contributed by atoms with Crippen LogP contribution < -0.4 is 5.32 Å². The maximum absolute atomic E-state index is 4.53. The summed E-state index contributed by atoms with van der Waals surface area (Å²) in [6.07, 6.45) is 10.3. The molecule has 1 atom stereocenters. The van der Waals surface area contributed by atoms with E-state index in [0.29, 0.717) is 12.1 Å². The lowest BCUT2D eigenvalue weighted by atomic mass is 10.0. The van der Waals surface area contributed by atoms with Crippen molar-refractivity contribution in [1.82, 2.24) is 9.55 Å². The van der Waals surface area contributed by atoms with Crippen molar-refractivity contribution in [2.45, 2.75) is 51.1 Å². The Kier molecular flexibility index (Phi) is 4.05. The van der Waals surface area contributed by atoms with Crippen molar-refractivity contribution in [2.75, 3.05) is 5.32 Å². The normalized spacial score (nSPS) is 17.2. The fraction of sp³-hybridized carbons (Fsp3) is 0.471. The molecule has 20 heavy (non-hydrogen) atoms. The number of hydrogen-bond acceptors (Lipinski definition) is 2. The van der Waals surface area contributed by atoms with Crippen LogP contribution in [0.25, 0.3) is 0 Å². The molecule has 0 spiro atoms. The molecule has 3 heteroatoms.